The number of rotatable bonds is 6. The van der Waals surface area contributed by atoms with Crippen molar-refractivity contribution in [2.24, 2.45) is 5.73 Å². The SMILES string of the molecule is CC(C)(C)N/C(N)=C/C(=C/S)NCCCO. The third kappa shape index (κ3) is 8.49. The summed E-state index contributed by atoms with van der Waals surface area (Å²) in [5.41, 5.74) is 6.59. The minimum Gasteiger partial charge on any atom is -0.396 e. The van der Waals surface area contributed by atoms with Crippen LogP contribution in [0, 0.1) is 0 Å². The van der Waals surface area contributed by atoms with Gasteiger partial charge in [-0.1, -0.05) is 0 Å². The summed E-state index contributed by atoms with van der Waals surface area (Å²) in [7, 11) is 0. The van der Waals surface area contributed by atoms with Crippen molar-refractivity contribution in [3.63, 3.8) is 0 Å². The Bertz CT molecular complexity index is 256. The third-order valence-corrected chi connectivity index (χ3v) is 1.91. The first-order chi connectivity index (χ1) is 7.39. The number of aliphatic hydroxyl groups is 1. The largest absolute Gasteiger partial charge is 0.396 e. The number of nitrogens with two attached hydrogens (primary N) is 1. The minimum absolute atomic E-state index is 0.0621. The summed E-state index contributed by atoms with van der Waals surface area (Å²) in [5.74, 6) is 0.587. The van der Waals surface area contributed by atoms with Crippen LogP contribution in [0.4, 0.5) is 0 Å². The Morgan fingerprint density at radius 1 is 1.44 bits per heavy atom. The van der Waals surface area contributed by atoms with Gasteiger partial charge in [-0.2, -0.15) is 0 Å². The maximum absolute atomic E-state index is 8.66. The third-order valence-electron chi connectivity index (χ3n) is 1.63. The fourth-order valence-corrected chi connectivity index (χ4v) is 1.25. The highest BCUT2D eigenvalue weighted by atomic mass is 32.1. The van der Waals surface area contributed by atoms with Gasteiger partial charge in [0.25, 0.3) is 0 Å². The standard InChI is InChI=1S/C11H23N3OS/c1-11(2,3)14-10(12)7-9(8-16)13-5-4-6-15/h7-8,13-16H,4-6,12H2,1-3H3/b9-8-,10-7+. The van der Waals surface area contributed by atoms with Crippen LogP contribution in [0.15, 0.2) is 23.0 Å². The molecule has 0 atom stereocenters. The number of thiol groups is 1. The summed E-state index contributed by atoms with van der Waals surface area (Å²) >= 11 is 4.09. The second-order valence-electron chi connectivity index (χ2n) is 4.56. The van der Waals surface area contributed by atoms with Crippen LogP contribution < -0.4 is 16.4 Å². The van der Waals surface area contributed by atoms with Crippen LogP contribution in [0.1, 0.15) is 27.2 Å². The molecule has 0 heterocycles. The van der Waals surface area contributed by atoms with Crippen molar-refractivity contribution in [1.29, 1.82) is 0 Å². The first-order valence-electron chi connectivity index (χ1n) is 5.33. The van der Waals surface area contributed by atoms with Crippen molar-refractivity contribution >= 4 is 12.6 Å². The van der Waals surface area contributed by atoms with E-state index in [9.17, 15) is 0 Å². The molecule has 0 saturated carbocycles. The zero-order valence-corrected chi connectivity index (χ0v) is 11.1. The number of allylic oxidation sites excluding steroid dienone is 1. The molecule has 0 unspecified atom stereocenters. The van der Waals surface area contributed by atoms with Gasteiger partial charge in [0.1, 0.15) is 0 Å². The minimum atomic E-state index is -0.0621. The van der Waals surface area contributed by atoms with Crippen LogP contribution in [-0.2, 0) is 0 Å². The Kier molecular flexibility index (Phi) is 7.08. The van der Waals surface area contributed by atoms with Crippen molar-refractivity contribution in [2.75, 3.05) is 13.2 Å². The molecule has 5 N–H and O–H groups in total. The maximum atomic E-state index is 8.66. The van der Waals surface area contributed by atoms with Gasteiger partial charge in [-0.15, -0.1) is 12.6 Å². The van der Waals surface area contributed by atoms with Crippen LogP contribution in [-0.4, -0.2) is 23.8 Å². The maximum Gasteiger partial charge on any atom is 0.0985 e. The molecule has 0 rings (SSSR count). The number of hydrogen-bond donors (Lipinski definition) is 5. The van der Waals surface area contributed by atoms with Crippen molar-refractivity contribution < 1.29 is 5.11 Å². The summed E-state index contributed by atoms with van der Waals surface area (Å²) in [6.45, 7) is 6.99. The number of aliphatic hydroxyl groups excluding tert-OH is 1. The van der Waals surface area contributed by atoms with Gasteiger partial charge in [0.2, 0.25) is 0 Å². The summed E-state index contributed by atoms with van der Waals surface area (Å²) in [5, 5.41) is 16.6. The van der Waals surface area contributed by atoms with E-state index in [-0.39, 0.29) is 12.1 Å². The van der Waals surface area contributed by atoms with Gasteiger partial charge in [0.05, 0.1) is 5.82 Å². The smallest absolute Gasteiger partial charge is 0.0985 e. The number of hydrogen-bond acceptors (Lipinski definition) is 5. The highest BCUT2D eigenvalue weighted by Gasteiger charge is 2.08. The molecule has 0 amide bonds. The predicted molar refractivity (Wildman–Crippen MR) is 71.9 cm³/mol. The molecule has 94 valence electrons. The summed E-state index contributed by atoms with van der Waals surface area (Å²) < 4.78 is 0. The van der Waals surface area contributed by atoms with Gasteiger partial charge < -0.3 is 21.5 Å². The van der Waals surface area contributed by atoms with Crippen molar-refractivity contribution in [2.45, 2.75) is 32.7 Å². The van der Waals surface area contributed by atoms with E-state index in [0.29, 0.717) is 18.8 Å². The zero-order valence-electron chi connectivity index (χ0n) is 10.2. The molecule has 0 aromatic carbocycles. The monoisotopic (exact) mass is 245 g/mol. The quantitative estimate of drug-likeness (QED) is 0.274. The van der Waals surface area contributed by atoms with Crippen LogP contribution in [0.3, 0.4) is 0 Å². The molecule has 0 aliphatic carbocycles. The molecule has 0 bridgehead atoms. The lowest BCUT2D eigenvalue weighted by Gasteiger charge is -2.22. The molecule has 0 saturated heterocycles. The van der Waals surface area contributed by atoms with Gasteiger partial charge in [0, 0.05) is 30.5 Å². The van der Waals surface area contributed by atoms with E-state index in [1.165, 1.54) is 0 Å². The first kappa shape index (κ1) is 15.2. The molecule has 4 nitrogen and oxygen atoms in total. The van der Waals surface area contributed by atoms with Crippen LogP contribution in [0.25, 0.3) is 0 Å². The van der Waals surface area contributed by atoms with E-state index in [1.807, 2.05) is 20.8 Å². The Morgan fingerprint density at radius 2 is 2.06 bits per heavy atom. The molecular formula is C11H23N3OS. The molecule has 0 radical (unpaired) electrons. The molecule has 0 spiro atoms. The van der Waals surface area contributed by atoms with Crippen molar-refractivity contribution in [1.82, 2.24) is 10.6 Å². The summed E-state index contributed by atoms with van der Waals surface area (Å²) in [6, 6.07) is 0. The zero-order chi connectivity index (χ0) is 12.6. The lowest BCUT2D eigenvalue weighted by Crippen LogP contribution is -2.38. The van der Waals surface area contributed by atoms with Crippen LogP contribution >= 0.6 is 12.6 Å². The lowest BCUT2D eigenvalue weighted by molar-refractivity contribution is 0.288. The van der Waals surface area contributed by atoms with E-state index < -0.39 is 0 Å². The van der Waals surface area contributed by atoms with Crippen LogP contribution in [0.5, 0.6) is 0 Å². The van der Waals surface area contributed by atoms with Gasteiger partial charge >= 0.3 is 0 Å². The fourth-order valence-electron chi connectivity index (χ4n) is 1.08. The summed E-state index contributed by atoms with van der Waals surface area (Å²) in [4.78, 5) is 0. The first-order valence-corrected chi connectivity index (χ1v) is 5.85. The Morgan fingerprint density at radius 3 is 2.50 bits per heavy atom. The normalized spacial score (nSPS) is 13.8. The Balaban J connectivity index is 4.24. The molecule has 0 aromatic rings. The summed E-state index contributed by atoms with van der Waals surface area (Å²) in [6.07, 6.45) is 2.49. The van der Waals surface area contributed by atoms with E-state index in [1.54, 1.807) is 11.5 Å². The van der Waals surface area contributed by atoms with E-state index >= 15 is 0 Å². The molecule has 16 heavy (non-hydrogen) atoms. The average Bonchev–Trinajstić information content (AvgIpc) is 2.13. The molecule has 0 aliphatic rings. The Hall–Kier alpha value is -0.810. The van der Waals surface area contributed by atoms with Crippen molar-refractivity contribution in [3.05, 3.63) is 23.0 Å². The van der Waals surface area contributed by atoms with E-state index in [4.69, 9.17) is 10.8 Å². The molecule has 0 fully saturated rings. The second-order valence-corrected chi connectivity index (χ2v) is 4.82. The second kappa shape index (κ2) is 7.46. The van der Waals surface area contributed by atoms with Gasteiger partial charge in [-0.25, -0.2) is 0 Å². The van der Waals surface area contributed by atoms with Gasteiger partial charge in [0.15, 0.2) is 0 Å². The highest BCUT2D eigenvalue weighted by Crippen LogP contribution is 2.03. The predicted octanol–water partition coefficient (Wildman–Crippen LogP) is 0.918. The molecular weight excluding hydrogens is 222 g/mol. The fraction of sp³-hybridized carbons (Fsp3) is 0.636. The van der Waals surface area contributed by atoms with Gasteiger partial charge in [-0.05, 0) is 32.6 Å². The van der Waals surface area contributed by atoms with Crippen LogP contribution in [0.2, 0.25) is 0 Å². The molecule has 0 aromatic heterocycles. The Labute approximate surface area is 103 Å². The van der Waals surface area contributed by atoms with Gasteiger partial charge in [-0.3, -0.25) is 0 Å². The van der Waals surface area contributed by atoms with E-state index in [2.05, 4.69) is 23.3 Å². The topological polar surface area (TPSA) is 70.3 Å². The van der Waals surface area contributed by atoms with E-state index in [0.717, 1.165) is 5.70 Å². The highest BCUT2D eigenvalue weighted by molar-refractivity contribution is 7.83. The van der Waals surface area contributed by atoms with Crippen molar-refractivity contribution in [3.8, 4) is 0 Å². The lowest BCUT2D eigenvalue weighted by atomic mass is 10.1. The molecule has 0 aliphatic heterocycles. The molecule has 5 heteroatoms. The number of nitrogens with one attached hydrogen (secondary N) is 2. The average molecular weight is 245 g/mol.